The molecule has 11 nitrogen and oxygen atoms in total. The summed E-state index contributed by atoms with van der Waals surface area (Å²) >= 11 is 8.17. The molecule has 2 aliphatic heterocycles. The monoisotopic (exact) mass is 696 g/mol. The Morgan fingerprint density at radius 2 is 1.71 bits per heavy atom. The van der Waals surface area contributed by atoms with Gasteiger partial charge in [0.15, 0.2) is 0 Å². The van der Waals surface area contributed by atoms with Crippen LogP contribution in [0.15, 0.2) is 60.0 Å². The number of aryl methyl sites for hydroxylation is 1. The number of phenolic OH excluding ortho intramolecular Hbond substituents is 1. The number of benzene rings is 3. The van der Waals surface area contributed by atoms with Gasteiger partial charge in [0.2, 0.25) is 0 Å². The van der Waals surface area contributed by atoms with E-state index in [2.05, 4.69) is 32.5 Å². The number of amides is 3. The Balaban J connectivity index is 1.13. The Bertz CT molecular complexity index is 2330. The van der Waals surface area contributed by atoms with Crippen LogP contribution in [0.1, 0.15) is 49.6 Å². The van der Waals surface area contributed by atoms with Gasteiger partial charge in [-0.2, -0.15) is 0 Å². The molecule has 2 atom stereocenters. The standard InChI is InChI=1S/C36H33ClN6O5S/c1-18-17-49-33-24(30-16-41(2)7-8-42(30)36(47)48)13-29-32(31(18)33)21(14-37)15-43(29)35(46)28-12-19-9-22(3-5-25(19)40-28)38-34(45)27-11-20-10-23(44)4-6-26(20)39-27/h3-6,9-13,17,21,30,39-40,44H,7-8,14-16H2,1-2H3,(H,38,45)(H,47,48)/t21-,30?/m0/s1. The maximum Gasteiger partial charge on any atom is 0.407 e. The van der Waals surface area contributed by atoms with Crippen LogP contribution in [0.5, 0.6) is 5.75 Å². The van der Waals surface area contributed by atoms with E-state index in [1.807, 2.05) is 25.2 Å². The van der Waals surface area contributed by atoms with Crippen molar-refractivity contribution < 1.29 is 24.6 Å². The van der Waals surface area contributed by atoms with Crippen molar-refractivity contribution >= 4 is 84.1 Å². The summed E-state index contributed by atoms with van der Waals surface area (Å²) in [6, 6.07) is 15.4. The van der Waals surface area contributed by atoms with E-state index in [1.54, 1.807) is 52.6 Å². The summed E-state index contributed by atoms with van der Waals surface area (Å²) in [6.45, 7) is 4.06. The molecule has 8 rings (SSSR count). The van der Waals surface area contributed by atoms with Gasteiger partial charge in [-0.25, -0.2) is 4.79 Å². The molecule has 6 aromatic rings. The number of aromatic nitrogens is 2. The van der Waals surface area contributed by atoms with E-state index in [0.717, 1.165) is 54.3 Å². The predicted octanol–water partition coefficient (Wildman–Crippen LogP) is 7.08. The van der Waals surface area contributed by atoms with Crippen molar-refractivity contribution in [3.8, 4) is 5.75 Å². The third kappa shape index (κ3) is 5.27. The van der Waals surface area contributed by atoms with Gasteiger partial charge in [0.05, 0.1) is 6.04 Å². The van der Waals surface area contributed by atoms with E-state index in [0.29, 0.717) is 49.1 Å². The molecule has 5 heterocycles. The Kier molecular flexibility index (Phi) is 7.54. The van der Waals surface area contributed by atoms with Crippen LogP contribution >= 0.6 is 22.9 Å². The Morgan fingerprint density at radius 1 is 0.980 bits per heavy atom. The average molecular weight is 697 g/mol. The summed E-state index contributed by atoms with van der Waals surface area (Å²) in [7, 11) is 2.00. The summed E-state index contributed by atoms with van der Waals surface area (Å²) in [5, 5.41) is 27.4. The zero-order valence-corrected chi connectivity index (χ0v) is 28.3. The first kappa shape index (κ1) is 31.2. The number of fused-ring (bicyclic) bond motifs is 5. The molecular weight excluding hydrogens is 664 g/mol. The lowest BCUT2D eigenvalue weighted by Gasteiger charge is -2.39. The lowest BCUT2D eigenvalue weighted by Crippen LogP contribution is -2.48. The second-order valence-corrected chi connectivity index (χ2v) is 14.1. The summed E-state index contributed by atoms with van der Waals surface area (Å²) < 4.78 is 1.04. The van der Waals surface area contributed by atoms with Gasteiger partial charge in [-0.15, -0.1) is 22.9 Å². The van der Waals surface area contributed by atoms with Crippen molar-refractivity contribution in [3.63, 3.8) is 0 Å². The molecule has 0 radical (unpaired) electrons. The first-order valence-corrected chi connectivity index (χ1v) is 17.4. The topological polar surface area (TPSA) is 145 Å². The number of carbonyl (C=O) groups excluding carboxylic acids is 2. The first-order valence-electron chi connectivity index (χ1n) is 16.0. The van der Waals surface area contributed by atoms with Crippen molar-refractivity contribution in [3.05, 3.63) is 88.1 Å². The van der Waals surface area contributed by atoms with Gasteiger partial charge in [-0.05, 0) is 90.6 Å². The van der Waals surface area contributed by atoms with Crippen LogP contribution in [-0.4, -0.2) is 87.0 Å². The molecule has 13 heteroatoms. The number of alkyl halides is 1. The maximum atomic E-state index is 14.3. The van der Waals surface area contributed by atoms with Crippen molar-refractivity contribution in [2.45, 2.75) is 18.9 Å². The smallest absolute Gasteiger partial charge is 0.407 e. The summed E-state index contributed by atoms with van der Waals surface area (Å²) in [4.78, 5) is 51.5. The SMILES string of the molecule is Cc1csc2c(C3CN(C)CCN3C(=O)O)cc3c(c12)[C@@H](CCl)CN3C(=O)c1cc2cc(NC(=O)c3cc4cc(O)ccc4[nH]3)ccc2[nH]1. The van der Waals surface area contributed by atoms with Gasteiger partial charge in [-0.3, -0.25) is 14.5 Å². The van der Waals surface area contributed by atoms with Crippen LogP contribution in [0.2, 0.25) is 0 Å². The van der Waals surface area contributed by atoms with Crippen molar-refractivity contribution in [2.24, 2.45) is 0 Å². The van der Waals surface area contributed by atoms with Gasteiger partial charge in [0, 0.05) is 81.2 Å². The van der Waals surface area contributed by atoms with Crippen LogP contribution in [0.3, 0.4) is 0 Å². The van der Waals surface area contributed by atoms with E-state index in [9.17, 15) is 24.6 Å². The number of hydrogen-bond donors (Lipinski definition) is 5. The third-order valence-electron chi connectivity index (χ3n) is 9.75. The molecular formula is C36H33ClN6O5S. The van der Waals surface area contributed by atoms with Gasteiger partial charge in [-0.1, -0.05) is 0 Å². The third-order valence-corrected chi connectivity index (χ3v) is 11.3. The minimum Gasteiger partial charge on any atom is -0.508 e. The Morgan fingerprint density at radius 3 is 2.49 bits per heavy atom. The quantitative estimate of drug-likeness (QED) is 0.122. The molecule has 3 amide bonds. The first-order chi connectivity index (χ1) is 23.6. The number of likely N-dealkylation sites (N-methyl/N-ethyl adjacent to an activating group) is 1. The largest absolute Gasteiger partial charge is 0.508 e. The number of carbonyl (C=O) groups is 3. The number of H-pyrrole nitrogens is 2. The second kappa shape index (κ2) is 11.8. The van der Waals surface area contributed by atoms with E-state index < -0.39 is 6.09 Å². The van der Waals surface area contributed by atoms with Crippen LogP contribution < -0.4 is 10.2 Å². The highest BCUT2D eigenvalue weighted by molar-refractivity contribution is 7.17. The van der Waals surface area contributed by atoms with Gasteiger partial charge in [0.1, 0.15) is 17.1 Å². The number of anilines is 2. The minimum absolute atomic E-state index is 0.0881. The molecule has 0 saturated carbocycles. The molecule has 0 bridgehead atoms. The maximum absolute atomic E-state index is 14.3. The fourth-order valence-corrected chi connectivity index (χ4v) is 8.73. The number of rotatable bonds is 5. The van der Waals surface area contributed by atoms with E-state index in [1.165, 1.54) is 4.90 Å². The molecule has 5 N–H and O–H groups in total. The number of piperazine rings is 1. The van der Waals surface area contributed by atoms with Crippen molar-refractivity contribution in [1.29, 1.82) is 0 Å². The molecule has 250 valence electrons. The van der Waals surface area contributed by atoms with Crippen molar-refractivity contribution in [2.75, 3.05) is 49.3 Å². The Labute approximate surface area is 289 Å². The highest BCUT2D eigenvalue weighted by Gasteiger charge is 2.39. The molecule has 0 spiro atoms. The fraction of sp³-hybridized carbons (Fsp3) is 0.250. The number of hydrogen-bond acceptors (Lipinski definition) is 6. The van der Waals surface area contributed by atoms with Gasteiger partial charge >= 0.3 is 6.09 Å². The number of aromatic amines is 2. The summed E-state index contributed by atoms with van der Waals surface area (Å²) in [6.07, 6.45) is -0.957. The lowest BCUT2D eigenvalue weighted by atomic mass is 9.92. The molecule has 1 fully saturated rings. The van der Waals surface area contributed by atoms with Crippen LogP contribution in [0.25, 0.3) is 31.9 Å². The number of nitrogens with one attached hydrogen (secondary N) is 3. The number of phenols is 1. The normalized spacial score (nSPS) is 18.1. The van der Waals surface area contributed by atoms with Gasteiger partial charge < -0.3 is 35.3 Å². The van der Waals surface area contributed by atoms with E-state index in [4.69, 9.17) is 11.6 Å². The lowest BCUT2D eigenvalue weighted by molar-refractivity contribution is 0.0780. The van der Waals surface area contributed by atoms with Crippen LogP contribution in [0, 0.1) is 6.92 Å². The molecule has 3 aromatic carbocycles. The zero-order valence-electron chi connectivity index (χ0n) is 26.7. The second-order valence-electron chi connectivity index (χ2n) is 12.9. The zero-order chi connectivity index (χ0) is 34.1. The number of halogens is 1. The predicted molar refractivity (Wildman–Crippen MR) is 193 cm³/mol. The van der Waals surface area contributed by atoms with E-state index >= 15 is 0 Å². The highest BCUT2D eigenvalue weighted by Crippen LogP contribution is 2.49. The Hall–Kier alpha value is -5.04. The highest BCUT2D eigenvalue weighted by atomic mass is 35.5. The number of aromatic hydroxyl groups is 1. The number of nitrogens with zero attached hydrogens (tertiary/aromatic N) is 3. The van der Waals surface area contributed by atoms with Crippen LogP contribution in [0.4, 0.5) is 16.2 Å². The number of thiophene rings is 1. The van der Waals surface area contributed by atoms with Crippen LogP contribution in [-0.2, 0) is 0 Å². The molecule has 2 aliphatic rings. The van der Waals surface area contributed by atoms with E-state index in [-0.39, 0.29) is 29.5 Å². The molecule has 0 aliphatic carbocycles. The van der Waals surface area contributed by atoms with Gasteiger partial charge in [0.25, 0.3) is 11.8 Å². The fourth-order valence-electron chi connectivity index (χ4n) is 7.35. The summed E-state index contributed by atoms with van der Waals surface area (Å²) in [5.41, 5.74) is 6.55. The summed E-state index contributed by atoms with van der Waals surface area (Å²) in [5.74, 6) is -0.184. The minimum atomic E-state index is -0.957. The molecule has 49 heavy (non-hydrogen) atoms. The molecule has 3 aromatic heterocycles. The molecule has 1 saturated heterocycles. The van der Waals surface area contributed by atoms with Crippen molar-refractivity contribution in [1.82, 2.24) is 19.8 Å². The number of carboxylic acid groups (broad SMARTS) is 1. The molecule has 1 unspecified atom stereocenters. The average Bonchev–Trinajstić information content (AvgIpc) is 3.87.